The van der Waals surface area contributed by atoms with E-state index in [1.165, 1.54) is 6.33 Å². The van der Waals surface area contributed by atoms with Crippen molar-refractivity contribution in [1.82, 2.24) is 9.97 Å². The molecule has 0 bridgehead atoms. The minimum atomic E-state index is 0.255. The van der Waals surface area contributed by atoms with E-state index in [0.717, 1.165) is 25.2 Å². The summed E-state index contributed by atoms with van der Waals surface area (Å²) in [6.45, 7) is 3.30. The van der Waals surface area contributed by atoms with E-state index in [1.54, 1.807) is 6.07 Å². The van der Waals surface area contributed by atoms with Crippen LogP contribution in [0, 0.1) is 11.3 Å². The Balaban J connectivity index is 2.47. The van der Waals surface area contributed by atoms with Gasteiger partial charge in [0, 0.05) is 12.6 Å². The molecular weight excluding hydrogens is 190 g/mol. The Kier molecular flexibility index (Phi) is 4.95. The second-order valence-corrected chi connectivity index (χ2v) is 3.08. The van der Waals surface area contributed by atoms with Gasteiger partial charge in [-0.05, 0) is 6.42 Å². The first-order valence-corrected chi connectivity index (χ1v) is 5.03. The summed E-state index contributed by atoms with van der Waals surface area (Å²) in [5, 5.41) is 14.5. The molecule has 0 amide bonds. The molecule has 2 N–H and O–H groups in total. The number of anilines is 2. The molecule has 1 aromatic heterocycles. The van der Waals surface area contributed by atoms with Crippen molar-refractivity contribution in [2.45, 2.75) is 19.8 Å². The van der Waals surface area contributed by atoms with Crippen LogP contribution in [0.5, 0.6) is 0 Å². The first-order chi connectivity index (χ1) is 7.36. The van der Waals surface area contributed by atoms with Crippen LogP contribution in [0.15, 0.2) is 12.4 Å². The maximum atomic E-state index is 8.40. The minimum absolute atomic E-state index is 0.255. The molecule has 0 atom stereocenters. The van der Waals surface area contributed by atoms with E-state index in [4.69, 9.17) is 5.26 Å². The number of unbranched alkanes of at least 4 members (excludes halogenated alkanes) is 1. The first-order valence-electron chi connectivity index (χ1n) is 5.03. The second kappa shape index (κ2) is 6.60. The number of nitriles is 1. The Morgan fingerprint density at radius 1 is 1.33 bits per heavy atom. The van der Waals surface area contributed by atoms with Crippen LogP contribution in [0.1, 0.15) is 19.8 Å². The zero-order valence-electron chi connectivity index (χ0n) is 8.82. The summed E-state index contributed by atoms with van der Waals surface area (Å²) in [7, 11) is 0. The van der Waals surface area contributed by atoms with Crippen molar-refractivity contribution < 1.29 is 0 Å². The molecule has 0 saturated heterocycles. The summed E-state index contributed by atoms with van der Waals surface area (Å²) < 4.78 is 0. The number of nitrogens with one attached hydrogen (secondary N) is 2. The average Bonchev–Trinajstić information content (AvgIpc) is 2.27. The van der Waals surface area contributed by atoms with E-state index in [-0.39, 0.29) is 6.54 Å². The van der Waals surface area contributed by atoms with Gasteiger partial charge in [-0.25, -0.2) is 9.97 Å². The van der Waals surface area contributed by atoms with Gasteiger partial charge in [0.25, 0.3) is 0 Å². The zero-order valence-corrected chi connectivity index (χ0v) is 8.82. The van der Waals surface area contributed by atoms with Gasteiger partial charge in [0.05, 0.1) is 6.07 Å². The average molecular weight is 205 g/mol. The number of rotatable bonds is 6. The Bertz CT molecular complexity index is 331. The molecule has 1 rings (SSSR count). The van der Waals surface area contributed by atoms with Gasteiger partial charge < -0.3 is 10.6 Å². The van der Waals surface area contributed by atoms with Crippen molar-refractivity contribution in [2.75, 3.05) is 23.7 Å². The Hall–Kier alpha value is -1.83. The molecule has 0 unspecified atom stereocenters. The third kappa shape index (κ3) is 4.27. The molecule has 0 spiro atoms. The minimum Gasteiger partial charge on any atom is -0.370 e. The SMILES string of the molecule is CCCCNc1cc(NCC#N)ncn1. The molecule has 15 heavy (non-hydrogen) atoms. The van der Waals surface area contributed by atoms with Gasteiger partial charge in [0.2, 0.25) is 0 Å². The van der Waals surface area contributed by atoms with Crippen molar-refractivity contribution in [3.63, 3.8) is 0 Å². The van der Waals surface area contributed by atoms with Crippen LogP contribution in [0.4, 0.5) is 11.6 Å². The summed E-state index contributed by atoms with van der Waals surface area (Å²) in [5.74, 6) is 1.46. The standard InChI is InChI=1S/C10H15N5/c1-2-3-5-12-9-7-10(13-6-4-11)15-8-14-9/h7-8H,2-3,5-6H2,1H3,(H2,12,13,14,15). The van der Waals surface area contributed by atoms with Crippen LogP contribution in [0.2, 0.25) is 0 Å². The molecule has 0 fully saturated rings. The molecule has 80 valence electrons. The number of hydrogen-bond donors (Lipinski definition) is 2. The topological polar surface area (TPSA) is 73.6 Å². The van der Waals surface area contributed by atoms with Crippen LogP contribution in [0.3, 0.4) is 0 Å². The predicted octanol–water partition coefficient (Wildman–Crippen LogP) is 1.62. The second-order valence-electron chi connectivity index (χ2n) is 3.08. The van der Waals surface area contributed by atoms with E-state index in [2.05, 4.69) is 27.5 Å². The Morgan fingerprint density at radius 2 is 2.07 bits per heavy atom. The molecule has 0 aliphatic heterocycles. The van der Waals surface area contributed by atoms with Crippen molar-refractivity contribution in [1.29, 1.82) is 5.26 Å². The highest BCUT2D eigenvalue weighted by Crippen LogP contribution is 2.07. The number of nitrogens with zero attached hydrogens (tertiary/aromatic N) is 3. The fourth-order valence-corrected chi connectivity index (χ4v) is 1.07. The smallest absolute Gasteiger partial charge is 0.132 e. The zero-order chi connectivity index (χ0) is 10.9. The molecular formula is C10H15N5. The summed E-state index contributed by atoms with van der Waals surface area (Å²) in [6.07, 6.45) is 3.75. The van der Waals surface area contributed by atoms with Crippen molar-refractivity contribution in [3.05, 3.63) is 12.4 Å². The molecule has 0 radical (unpaired) electrons. The van der Waals surface area contributed by atoms with Crippen LogP contribution in [0.25, 0.3) is 0 Å². The fraction of sp³-hybridized carbons (Fsp3) is 0.500. The van der Waals surface area contributed by atoms with Gasteiger partial charge in [-0.15, -0.1) is 0 Å². The monoisotopic (exact) mass is 205 g/mol. The highest BCUT2D eigenvalue weighted by atomic mass is 15.1. The van der Waals surface area contributed by atoms with Crippen molar-refractivity contribution in [2.24, 2.45) is 0 Å². The highest BCUT2D eigenvalue weighted by molar-refractivity contribution is 5.46. The first kappa shape index (κ1) is 11.2. The van der Waals surface area contributed by atoms with Crippen LogP contribution in [-0.2, 0) is 0 Å². The summed E-state index contributed by atoms with van der Waals surface area (Å²) >= 11 is 0. The maximum Gasteiger partial charge on any atom is 0.132 e. The van der Waals surface area contributed by atoms with Gasteiger partial charge in [-0.2, -0.15) is 5.26 Å². The van der Waals surface area contributed by atoms with Gasteiger partial charge >= 0.3 is 0 Å². The van der Waals surface area contributed by atoms with Crippen molar-refractivity contribution in [3.8, 4) is 6.07 Å². The molecule has 0 saturated carbocycles. The molecule has 1 heterocycles. The van der Waals surface area contributed by atoms with E-state index in [1.807, 2.05) is 6.07 Å². The Morgan fingerprint density at radius 3 is 2.73 bits per heavy atom. The summed E-state index contributed by atoms with van der Waals surface area (Å²) in [5.41, 5.74) is 0. The molecule has 5 nitrogen and oxygen atoms in total. The largest absolute Gasteiger partial charge is 0.370 e. The Labute approximate surface area is 89.6 Å². The number of hydrogen-bond acceptors (Lipinski definition) is 5. The third-order valence-corrected chi connectivity index (χ3v) is 1.85. The lowest BCUT2D eigenvalue weighted by atomic mass is 10.3. The molecule has 0 aliphatic carbocycles. The summed E-state index contributed by atoms with van der Waals surface area (Å²) in [6, 6.07) is 3.79. The maximum absolute atomic E-state index is 8.40. The third-order valence-electron chi connectivity index (χ3n) is 1.85. The highest BCUT2D eigenvalue weighted by Gasteiger charge is 1.96. The fourth-order valence-electron chi connectivity index (χ4n) is 1.07. The van der Waals surface area contributed by atoms with Crippen LogP contribution < -0.4 is 10.6 Å². The molecule has 1 aromatic rings. The molecule has 0 aromatic carbocycles. The van der Waals surface area contributed by atoms with Crippen molar-refractivity contribution >= 4 is 11.6 Å². The van der Waals surface area contributed by atoms with Gasteiger partial charge in [0.15, 0.2) is 0 Å². The van der Waals surface area contributed by atoms with E-state index in [0.29, 0.717) is 5.82 Å². The quantitative estimate of drug-likeness (QED) is 0.545. The van der Waals surface area contributed by atoms with Crippen LogP contribution in [-0.4, -0.2) is 23.1 Å². The predicted molar refractivity (Wildman–Crippen MR) is 59.5 cm³/mol. The lowest BCUT2D eigenvalue weighted by molar-refractivity contribution is 0.830. The molecule has 5 heteroatoms. The summed E-state index contributed by atoms with van der Waals surface area (Å²) in [4.78, 5) is 8.07. The lowest BCUT2D eigenvalue weighted by Gasteiger charge is -2.05. The number of aromatic nitrogens is 2. The van der Waals surface area contributed by atoms with E-state index >= 15 is 0 Å². The van der Waals surface area contributed by atoms with E-state index in [9.17, 15) is 0 Å². The lowest BCUT2D eigenvalue weighted by Crippen LogP contribution is -2.06. The molecule has 0 aliphatic rings. The van der Waals surface area contributed by atoms with Gasteiger partial charge in [0.1, 0.15) is 24.5 Å². The van der Waals surface area contributed by atoms with Gasteiger partial charge in [-0.1, -0.05) is 13.3 Å². The normalized spacial score (nSPS) is 9.33. The van der Waals surface area contributed by atoms with Crippen LogP contribution >= 0.6 is 0 Å². The van der Waals surface area contributed by atoms with Gasteiger partial charge in [-0.3, -0.25) is 0 Å². The van der Waals surface area contributed by atoms with E-state index < -0.39 is 0 Å².